The first kappa shape index (κ1) is 11.7. The first-order valence-electron chi connectivity index (χ1n) is 5.43. The minimum atomic E-state index is -1.02. The van der Waals surface area contributed by atoms with Gasteiger partial charge in [-0.25, -0.2) is 9.78 Å². The van der Waals surface area contributed by atoms with Gasteiger partial charge in [0.1, 0.15) is 0 Å². The summed E-state index contributed by atoms with van der Waals surface area (Å²) >= 11 is 0. The van der Waals surface area contributed by atoms with Crippen molar-refractivity contribution in [2.24, 2.45) is 0 Å². The fourth-order valence-electron chi connectivity index (χ4n) is 1.87. The fraction of sp³-hybridized carbons (Fsp3) is 0.455. The van der Waals surface area contributed by atoms with Gasteiger partial charge in [-0.3, -0.25) is 0 Å². The number of anilines is 2. The highest BCUT2D eigenvalue weighted by molar-refractivity contribution is 5.89. The topological polar surface area (TPSA) is 88.7 Å². The van der Waals surface area contributed by atoms with Crippen LogP contribution in [0.3, 0.4) is 0 Å². The van der Waals surface area contributed by atoms with E-state index in [1.54, 1.807) is 0 Å². The Hall–Kier alpha value is -1.82. The van der Waals surface area contributed by atoms with Crippen LogP contribution in [0, 0.1) is 0 Å². The van der Waals surface area contributed by atoms with E-state index in [1.807, 2.05) is 11.8 Å². The number of rotatable bonds is 2. The third kappa shape index (κ3) is 2.47. The summed E-state index contributed by atoms with van der Waals surface area (Å²) in [5.74, 6) is -0.392. The van der Waals surface area contributed by atoms with Crippen LogP contribution in [0.4, 0.5) is 11.5 Å². The highest BCUT2D eigenvalue weighted by Crippen LogP contribution is 2.23. The first-order valence-corrected chi connectivity index (χ1v) is 5.43. The molecule has 0 amide bonds. The molecule has 0 aliphatic carbocycles. The number of carbonyl (C=O) groups is 1. The van der Waals surface area contributed by atoms with Crippen LogP contribution in [0.1, 0.15) is 17.3 Å². The molecule has 0 aromatic carbocycles. The van der Waals surface area contributed by atoms with E-state index in [2.05, 4.69) is 4.98 Å². The van der Waals surface area contributed by atoms with E-state index in [1.165, 1.54) is 12.3 Å². The SMILES string of the molecule is CC1CN(c2ncc(C(=O)O)cc2N)CCO1. The maximum Gasteiger partial charge on any atom is 0.337 e. The van der Waals surface area contributed by atoms with E-state index in [4.69, 9.17) is 15.6 Å². The Morgan fingerprint density at radius 1 is 1.71 bits per heavy atom. The van der Waals surface area contributed by atoms with E-state index < -0.39 is 5.97 Å². The van der Waals surface area contributed by atoms with Crippen molar-refractivity contribution >= 4 is 17.5 Å². The summed E-state index contributed by atoms with van der Waals surface area (Å²) in [6, 6.07) is 1.44. The maximum absolute atomic E-state index is 10.8. The van der Waals surface area contributed by atoms with Gasteiger partial charge in [-0.15, -0.1) is 0 Å². The molecule has 92 valence electrons. The summed E-state index contributed by atoms with van der Waals surface area (Å²) in [4.78, 5) is 16.9. The third-order valence-electron chi connectivity index (χ3n) is 2.68. The first-order chi connectivity index (χ1) is 8.08. The van der Waals surface area contributed by atoms with Crippen molar-refractivity contribution in [3.05, 3.63) is 17.8 Å². The van der Waals surface area contributed by atoms with Crippen LogP contribution in [0.5, 0.6) is 0 Å². The minimum Gasteiger partial charge on any atom is -0.478 e. The zero-order chi connectivity index (χ0) is 12.4. The molecule has 6 heteroatoms. The Balaban J connectivity index is 2.23. The Bertz CT molecular complexity index is 436. The molecule has 17 heavy (non-hydrogen) atoms. The molecule has 1 fully saturated rings. The number of pyridine rings is 1. The second-order valence-corrected chi connectivity index (χ2v) is 4.07. The summed E-state index contributed by atoms with van der Waals surface area (Å²) < 4.78 is 5.43. The minimum absolute atomic E-state index is 0.104. The van der Waals surface area contributed by atoms with Crippen LogP contribution < -0.4 is 10.6 Å². The molecule has 0 bridgehead atoms. The van der Waals surface area contributed by atoms with Gasteiger partial charge in [0.25, 0.3) is 0 Å². The Kier molecular flexibility index (Phi) is 3.14. The average molecular weight is 237 g/mol. The normalized spacial score (nSPS) is 20.3. The molecular formula is C11H15N3O3. The smallest absolute Gasteiger partial charge is 0.337 e. The molecule has 1 aliphatic rings. The van der Waals surface area contributed by atoms with Gasteiger partial charge in [-0.1, -0.05) is 0 Å². The van der Waals surface area contributed by atoms with Gasteiger partial charge >= 0.3 is 5.97 Å². The molecule has 1 saturated heterocycles. The fourth-order valence-corrected chi connectivity index (χ4v) is 1.87. The largest absolute Gasteiger partial charge is 0.478 e. The molecule has 0 spiro atoms. The van der Waals surface area contributed by atoms with Crippen LogP contribution in [0.15, 0.2) is 12.3 Å². The maximum atomic E-state index is 10.8. The quantitative estimate of drug-likeness (QED) is 0.782. The standard InChI is InChI=1S/C11H15N3O3/c1-7-6-14(2-3-17-7)10-9(12)4-8(5-13-10)11(15)16/h4-5,7H,2-3,6,12H2,1H3,(H,15,16). The summed E-state index contributed by atoms with van der Waals surface area (Å²) in [6.07, 6.45) is 1.46. The van der Waals surface area contributed by atoms with Gasteiger partial charge in [0, 0.05) is 19.3 Å². The average Bonchev–Trinajstić information content (AvgIpc) is 2.28. The molecule has 3 N–H and O–H groups in total. The lowest BCUT2D eigenvalue weighted by Crippen LogP contribution is -2.41. The van der Waals surface area contributed by atoms with Crippen LogP contribution in [0.25, 0.3) is 0 Å². The van der Waals surface area contributed by atoms with E-state index in [0.717, 1.165) is 0 Å². The molecule has 0 radical (unpaired) electrons. The van der Waals surface area contributed by atoms with Crippen LogP contribution >= 0.6 is 0 Å². The zero-order valence-corrected chi connectivity index (χ0v) is 9.59. The molecule has 0 saturated carbocycles. The van der Waals surface area contributed by atoms with Crippen LogP contribution in [-0.2, 0) is 4.74 Å². The van der Waals surface area contributed by atoms with Gasteiger partial charge in [0.05, 0.1) is 24.0 Å². The monoisotopic (exact) mass is 237 g/mol. The molecule has 1 aromatic heterocycles. The van der Waals surface area contributed by atoms with Crippen molar-refractivity contribution in [1.82, 2.24) is 4.98 Å². The van der Waals surface area contributed by atoms with Crippen molar-refractivity contribution in [1.29, 1.82) is 0 Å². The van der Waals surface area contributed by atoms with Crippen molar-refractivity contribution in [3.63, 3.8) is 0 Å². The summed E-state index contributed by atoms with van der Waals surface area (Å²) in [6.45, 7) is 4.04. The molecule has 1 atom stereocenters. The Morgan fingerprint density at radius 2 is 2.47 bits per heavy atom. The number of hydrogen-bond acceptors (Lipinski definition) is 5. The van der Waals surface area contributed by atoms with Crippen molar-refractivity contribution < 1.29 is 14.6 Å². The van der Waals surface area contributed by atoms with E-state index in [-0.39, 0.29) is 11.7 Å². The van der Waals surface area contributed by atoms with Crippen LogP contribution in [0.2, 0.25) is 0 Å². The van der Waals surface area contributed by atoms with Gasteiger partial charge in [0.2, 0.25) is 0 Å². The Labute approximate surface area is 99.0 Å². The third-order valence-corrected chi connectivity index (χ3v) is 2.68. The van der Waals surface area contributed by atoms with Crippen molar-refractivity contribution in [3.8, 4) is 0 Å². The van der Waals surface area contributed by atoms with Gasteiger partial charge in [0.15, 0.2) is 5.82 Å². The van der Waals surface area contributed by atoms with Crippen molar-refractivity contribution in [2.75, 3.05) is 30.3 Å². The van der Waals surface area contributed by atoms with Crippen LogP contribution in [-0.4, -0.2) is 41.9 Å². The number of carboxylic acid groups (broad SMARTS) is 1. The number of ether oxygens (including phenoxy) is 1. The number of nitrogens with two attached hydrogens (primary N) is 1. The van der Waals surface area contributed by atoms with E-state index >= 15 is 0 Å². The zero-order valence-electron chi connectivity index (χ0n) is 9.59. The number of hydrogen-bond donors (Lipinski definition) is 2. The summed E-state index contributed by atoms with van der Waals surface area (Å²) in [5.41, 5.74) is 6.32. The lowest BCUT2D eigenvalue weighted by Gasteiger charge is -2.32. The van der Waals surface area contributed by atoms with E-state index in [0.29, 0.717) is 31.2 Å². The number of aromatic carboxylic acids is 1. The molecule has 1 aliphatic heterocycles. The van der Waals surface area contributed by atoms with Crippen molar-refractivity contribution in [2.45, 2.75) is 13.0 Å². The lowest BCUT2D eigenvalue weighted by atomic mass is 10.2. The molecular weight excluding hydrogens is 222 g/mol. The summed E-state index contributed by atoms with van der Waals surface area (Å²) in [5, 5.41) is 8.82. The van der Waals surface area contributed by atoms with E-state index in [9.17, 15) is 4.79 Å². The highest BCUT2D eigenvalue weighted by Gasteiger charge is 2.20. The lowest BCUT2D eigenvalue weighted by molar-refractivity contribution is 0.0529. The number of carboxylic acids is 1. The predicted molar refractivity (Wildman–Crippen MR) is 63.2 cm³/mol. The predicted octanol–water partition coefficient (Wildman–Crippen LogP) is 0.587. The number of aromatic nitrogens is 1. The highest BCUT2D eigenvalue weighted by atomic mass is 16.5. The van der Waals surface area contributed by atoms with Gasteiger partial charge in [-0.2, -0.15) is 0 Å². The number of nitrogen functional groups attached to an aromatic ring is 1. The second-order valence-electron chi connectivity index (χ2n) is 4.07. The number of morpholine rings is 1. The van der Waals surface area contributed by atoms with Gasteiger partial charge < -0.3 is 20.5 Å². The molecule has 1 unspecified atom stereocenters. The molecule has 6 nitrogen and oxygen atoms in total. The molecule has 2 rings (SSSR count). The second kappa shape index (κ2) is 4.58. The Morgan fingerprint density at radius 3 is 3.06 bits per heavy atom. The number of nitrogens with zero attached hydrogens (tertiary/aromatic N) is 2. The summed E-state index contributed by atoms with van der Waals surface area (Å²) in [7, 11) is 0. The van der Waals surface area contributed by atoms with Gasteiger partial charge in [-0.05, 0) is 13.0 Å². The molecule has 2 heterocycles. The molecule has 1 aromatic rings.